The summed E-state index contributed by atoms with van der Waals surface area (Å²) >= 11 is 0. The Bertz CT molecular complexity index is 478. The first-order chi connectivity index (χ1) is 10.8. The van der Waals surface area contributed by atoms with Gasteiger partial charge in [0.15, 0.2) is 0 Å². The van der Waals surface area contributed by atoms with Gasteiger partial charge in [0.1, 0.15) is 6.04 Å². The zero-order valence-electron chi connectivity index (χ0n) is 13.8. The van der Waals surface area contributed by atoms with Gasteiger partial charge in [-0.25, -0.2) is 0 Å². The van der Waals surface area contributed by atoms with Gasteiger partial charge in [-0.3, -0.25) is 9.69 Å². The van der Waals surface area contributed by atoms with E-state index in [-0.39, 0.29) is 42.8 Å². The van der Waals surface area contributed by atoms with Crippen molar-refractivity contribution in [2.75, 3.05) is 39.4 Å². The summed E-state index contributed by atoms with van der Waals surface area (Å²) < 4.78 is 5.36. The zero-order chi connectivity index (χ0) is 15.2. The number of benzene rings is 1. The second-order valence-corrected chi connectivity index (χ2v) is 6.00. The Kier molecular flexibility index (Phi) is 9.63. The largest absolute Gasteiger partial charge is 0.378 e. The number of carbonyl (C=O) groups is 1. The van der Waals surface area contributed by atoms with Gasteiger partial charge in [0.25, 0.3) is 0 Å². The molecule has 3 rings (SSSR count). The molecule has 1 aromatic rings. The number of hydrogen-bond donors (Lipinski definition) is 2. The Balaban J connectivity index is 0.00000144. The molecule has 5 nitrogen and oxygen atoms in total. The lowest BCUT2D eigenvalue weighted by atomic mass is 10.1. The van der Waals surface area contributed by atoms with Crippen LogP contribution in [-0.4, -0.2) is 56.2 Å². The Labute approximate surface area is 156 Å². The van der Waals surface area contributed by atoms with Crippen molar-refractivity contribution in [2.45, 2.75) is 24.9 Å². The third-order valence-corrected chi connectivity index (χ3v) is 4.47. The molecule has 2 aliphatic heterocycles. The van der Waals surface area contributed by atoms with Crippen molar-refractivity contribution < 1.29 is 9.53 Å². The topological polar surface area (TPSA) is 53.6 Å². The molecule has 0 radical (unpaired) electrons. The number of nitrogens with zero attached hydrogens (tertiary/aromatic N) is 1. The van der Waals surface area contributed by atoms with Crippen LogP contribution >= 0.6 is 24.8 Å². The zero-order valence-corrected chi connectivity index (χ0v) is 15.4. The lowest BCUT2D eigenvalue weighted by Gasteiger charge is -2.29. The minimum absolute atomic E-state index is 0. The predicted octanol–water partition coefficient (Wildman–Crippen LogP) is 1.77. The fourth-order valence-electron chi connectivity index (χ4n) is 3.24. The number of rotatable bonds is 5. The van der Waals surface area contributed by atoms with Gasteiger partial charge in [-0.05, 0) is 31.5 Å². The average molecular weight is 376 g/mol. The molecule has 0 bridgehead atoms. The third-order valence-electron chi connectivity index (χ3n) is 4.47. The first-order valence-corrected chi connectivity index (χ1v) is 8.22. The lowest BCUT2D eigenvalue weighted by Crippen LogP contribution is -2.52. The normalized spacial score (nSPS) is 22.1. The maximum atomic E-state index is 12.3. The Morgan fingerprint density at radius 3 is 2.58 bits per heavy atom. The average Bonchev–Trinajstić information content (AvgIpc) is 3.11. The van der Waals surface area contributed by atoms with Crippen LogP contribution in [0.15, 0.2) is 30.3 Å². The molecule has 1 amide bonds. The molecule has 2 unspecified atom stereocenters. The van der Waals surface area contributed by atoms with E-state index in [2.05, 4.69) is 39.8 Å². The highest BCUT2D eigenvalue weighted by Gasteiger charge is 2.26. The number of halogens is 2. The summed E-state index contributed by atoms with van der Waals surface area (Å²) in [6, 6.07) is 10.5. The van der Waals surface area contributed by atoms with Gasteiger partial charge in [0.2, 0.25) is 5.91 Å². The molecule has 0 aliphatic carbocycles. The number of carbonyl (C=O) groups excluding carboxylic acids is 1. The van der Waals surface area contributed by atoms with Crippen LogP contribution < -0.4 is 10.6 Å². The molecule has 0 aromatic heterocycles. The molecule has 2 saturated heterocycles. The minimum atomic E-state index is -0.219. The summed E-state index contributed by atoms with van der Waals surface area (Å²) in [5.41, 5.74) is 1.28. The third kappa shape index (κ3) is 5.60. The standard InChI is InChI=1S/C17H25N3O2.2ClH/c21-17(15-13-22-11-8-18-15)19-12-16(20-9-4-5-10-20)14-6-2-1-3-7-14;;/h1-3,6-7,15-16,18H,4-5,8-13H2,(H,19,21);2*1H. The van der Waals surface area contributed by atoms with Crippen molar-refractivity contribution in [3.63, 3.8) is 0 Å². The fraction of sp³-hybridized carbons (Fsp3) is 0.588. The van der Waals surface area contributed by atoms with Crippen LogP contribution in [0.25, 0.3) is 0 Å². The number of amides is 1. The van der Waals surface area contributed by atoms with Crippen molar-refractivity contribution in [3.8, 4) is 0 Å². The second-order valence-electron chi connectivity index (χ2n) is 6.00. The van der Waals surface area contributed by atoms with E-state index in [0.717, 1.165) is 19.6 Å². The first kappa shape index (κ1) is 21.2. The summed E-state index contributed by atoms with van der Waals surface area (Å²) in [5, 5.41) is 6.31. The summed E-state index contributed by atoms with van der Waals surface area (Å²) in [4.78, 5) is 14.7. The van der Waals surface area contributed by atoms with Crippen molar-refractivity contribution in [2.24, 2.45) is 0 Å². The van der Waals surface area contributed by atoms with Crippen LogP contribution in [-0.2, 0) is 9.53 Å². The number of likely N-dealkylation sites (tertiary alicyclic amines) is 1. The second kappa shape index (κ2) is 10.9. The van der Waals surface area contributed by atoms with Gasteiger partial charge >= 0.3 is 0 Å². The number of hydrogen-bond acceptors (Lipinski definition) is 4. The van der Waals surface area contributed by atoms with Gasteiger partial charge in [-0.15, -0.1) is 24.8 Å². The molecule has 2 aliphatic rings. The van der Waals surface area contributed by atoms with Gasteiger partial charge in [0, 0.05) is 13.1 Å². The molecule has 24 heavy (non-hydrogen) atoms. The smallest absolute Gasteiger partial charge is 0.239 e. The predicted molar refractivity (Wildman–Crippen MR) is 100 cm³/mol. The summed E-state index contributed by atoms with van der Waals surface area (Å²) in [7, 11) is 0. The summed E-state index contributed by atoms with van der Waals surface area (Å²) in [6.07, 6.45) is 2.49. The first-order valence-electron chi connectivity index (χ1n) is 8.22. The lowest BCUT2D eigenvalue weighted by molar-refractivity contribution is -0.126. The van der Waals surface area contributed by atoms with Gasteiger partial charge in [-0.2, -0.15) is 0 Å². The van der Waals surface area contributed by atoms with Crippen LogP contribution in [0.3, 0.4) is 0 Å². The molecule has 2 N–H and O–H groups in total. The minimum Gasteiger partial charge on any atom is -0.378 e. The molecule has 2 heterocycles. The van der Waals surface area contributed by atoms with Gasteiger partial charge in [0.05, 0.1) is 19.3 Å². The molecule has 0 spiro atoms. The van der Waals surface area contributed by atoms with E-state index in [1.165, 1.54) is 18.4 Å². The molecule has 2 atom stereocenters. The highest BCUT2D eigenvalue weighted by Crippen LogP contribution is 2.24. The molecular formula is C17H27Cl2N3O2. The highest BCUT2D eigenvalue weighted by atomic mass is 35.5. The molecule has 0 saturated carbocycles. The molecule has 1 aromatic carbocycles. The summed E-state index contributed by atoms with van der Waals surface area (Å²) in [6.45, 7) is 4.77. The van der Waals surface area contributed by atoms with E-state index in [4.69, 9.17) is 4.74 Å². The van der Waals surface area contributed by atoms with E-state index < -0.39 is 0 Å². The van der Waals surface area contributed by atoms with Crippen LogP contribution in [0, 0.1) is 0 Å². The van der Waals surface area contributed by atoms with Gasteiger partial charge in [-0.1, -0.05) is 30.3 Å². The van der Waals surface area contributed by atoms with Crippen molar-refractivity contribution in [3.05, 3.63) is 35.9 Å². The van der Waals surface area contributed by atoms with E-state index in [1.807, 2.05) is 6.07 Å². The monoisotopic (exact) mass is 375 g/mol. The van der Waals surface area contributed by atoms with Crippen LogP contribution in [0.5, 0.6) is 0 Å². The van der Waals surface area contributed by atoms with Crippen molar-refractivity contribution >= 4 is 30.7 Å². The Morgan fingerprint density at radius 2 is 1.96 bits per heavy atom. The summed E-state index contributed by atoms with van der Waals surface area (Å²) in [5.74, 6) is 0.0415. The fourth-order valence-corrected chi connectivity index (χ4v) is 3.24. The van der Waals surface area contributed by atoms with E-state index in [1.54, 1.807) is 0 Å². The number of ether oxygens (including phenoxy) is 1. The Morgan fingerprint density at radius 1 is 1.25 bits per heavy atom. The van der Waals surface area contributed by atoms with Crippen molar-refractivity contribution in [1.82, 2.24) is 15.5 Å². The number of nitrogens with one attached hydrogen (secondary N) is 2. The van der Waals surface area contributed by atoms with E-state index in [9.17, 15) is 4.79 Å². The van der Waals surface area contributed by atoms with Crippen LogP contribution in [0.1, 0.15) is 24.4 Å². The van der Waals surface area contributed by atoms with Gasteiger partial charge < -0.3 is 15.4 Å². The molecule has 136 valence electrons. The molecular weight excluding hydrogens is 349 g/mol. The van der Waals surface area contributed by atoms with Crippen LogP contribution in [0.2, 0.25) is 0 Å². The SMILES string of the molecule is Cl.Cl.O=C(NCC(c1ccccc1)N1CCCC1)C1COCCN1. The van der Waals surface area contributed by atoms with E-state index in [0.29, 0.717) is 19.8 Å². The quantitative estimate of drug-likeness (QED) is 0.823. The van der Waals surface area contributed by atoms with Crippen LogP contribution in [0.4, 0.5) is 0 Å². The maximum Gasteiger partial charge on any atom is 0.239 e. The maximum absolute atomic E-state index is 12.3. The molecule has 7 heteroatoms. The van der Waals surface area contributed by atoms with Crippen molar-refractivity contribution in [1.29, 1.82) is 0 Å². The van der Waals surface area contributed by atoms with E-state index >= 15 is 0 Å². The number of morpholine rings is 1. The Hall–Kier alpha value is -0.850. The molecule has 2 fully saturated rings. The highest BCUT2D eigenvalue weighted by molar-refractivity contribution is 5.85.